The number of nitrogens with zero attached hydrogens (tertiary/aromatic N) is 2. The van der Waals surface area contributed by atoms with Crippen LogP contribution in [-0.2, 0) is 10.0 Å². The highest BCUT2D eigenvalue weighted by atomic mass is 35.5. The first-order valence-corrected chi connectivity index (χ1v) is 10.1. The molecule has 6 nitrogen and oxygen atoms in total. The number of oxazole rings is 1. The number of hydrogen-bond acceptors (Lipinski definition) is 5. The van der Waals surface area contributed by atoms with Gasteiger partial charge in [0.05, 0.1) is 16.1 Å². The number of halogens is 1. The first kappa shape index (κ1) is 18.2. The van der Waals surface area contributed by atoms with Crippen LogP contribution in [0.3, 0.4) is 0 Å². The number of hydrogen-bond donors (Lipinski definition) is 1. The Balaban J connectivity index is 1.55. The minimum absolute atomic E-state index is 0.0999. The van der Waals surface area contributed by atoms with Crippen LogP contribution in [0.25, 0.3) is 22.8 Å². The van der Waals surface area contributed by atoms with Crippen molar-refractivity contribution in [2.75, 3.05) is 4.72 Å². The topological polar surface area (TPSA) is 85.1 Å². The zero-order valence-electron chi connectivity index (χ0n) is 14.4. The molecule has 2 aromatic heterocycles. The van der Waals surface area contributed by atoms with E-state index < -0.39 is 10.0 Å². The smallest absolute Gasteiger partial charge is 0.263 e. The Kier molecular flexibility index (Phi) is 4.85. The van der Waals surface area contributed by atoms with Crippen molar-refractivity contribution in [3.8, 4) is 22.8 Å². The highest BCUT2D eigenvalue weighted by molar-refractivity contribution is 7.92. The maximum atomic E-state index is 12.5. The van der Waals surface area contributed by atoms with Crippen molar-refractivity contribution in [2.24, 2.45) is 0 Å². The fourth-order valence-corrected chi connectivity index (χ4v) is 3.67. The normalized spacial score (nSPS) is 11.3. The van der Waals surface area contributed by atoms with Gasteiger partial charge in [0.15, 0.2) is 5.76 Å². The highest BCUT2D eigenvalue weighted by Crippen LogP contribution is 2.27. The van der Waals surface area contributed by atoms with Crippen LogP contribution in [0.5, 0.6) is 0 Å². The second-order valence-corrected chi connectivity index (χ2v) is 8.01. The maximum Gasteiger partial charge on any atom is 0.263 e. The Labute approximate surface area is 166 Å². The molecular formula is C20H14ClN3O3S. The van der Waals surface area contributed by atoms with Gasteiger partial charge in [-0.25, -0.2) is 18.4 Å². The lowest BCUT2D eigenvalue weighted by Gasteiger charge is -2.07. The molecule has 140 valence electrons. The van der Waals surface area contributed by atoms with E-state index in [0.29, 0.717) is 22.2 Å². The third-order valence-electron chi connectivity index (χ3n) is 3.94. The van der Waals surface area contributed by atoms with Gasteiger partial charge in [0.25, 0.3) is 10.0 Å². The van der Waals surface area contributed by atoms with Crippen molar-refractivity contribution in [1.29, 1.82) is 0 Å². The molecule has 0 aliphatic heterocycles. The van der Waals surface area contributed by atoms with Gasteiger partial charge < -0.3 is 4.42 Å². The molecule has 2 heterocycles. The van der Waals surface area contributed by atoms with E-state index in [0.717, 1.165) is 5.56 Å². The second kappa shape index (κ2) is 7.46. The predicted molar refractivity (Wildman–Crippen MR) is 107 cm³/mol. The zero-order valence-corrected chi connectivity index (χ0v) is 16.0. The predicted octanol–water partition coefficient (Wildman–Crippen LogP) is 4.86. The van der Waals surface area contributed by atoms with Crippen molar-refractivity contribution < 1.29 is 12.8 Å². The molecule has 0 saturated carbocycles. The lowest BCUT2D eigenvalue weighted by atomic mass is 10.2. The van der Waals surface area contributed by atoms with E-state index in [2.05, 4.69) is 14.7 Å². The highest BCUT2D eigenvalue weighted by Gasteiger charge is 2.16. The van der Waals surface area contributed by atoms with Crippen LogP contribution >= 0.6 is 11.6 Å². The Morgan fingerprint density at radius 3 is 2.25 bits per heavy atom. The van der Waals surface area contributed by atoms with E-state index >= 15 is 0 Å². The molecule has 1 N–H and O–H groups in total. The van der Waals surface area contributed by atoms with E-state index in [1.807, 2.05) is 30.3 Å². The maximum absolute atomic E-state index is 12.5. The average molecular weight is 412 g/mol. The SMILES string of the molecule is O=S(=O)(Nc1ccc(Cl)cn1)c1ccc(-c2ncc(-c3ccccc3)o2)cc1. The first-order valence-electron chi connectivity index (χ1n) is 8.27. The van der Waals surface area contributed by atoms with E-state index in [4.69, 9.17) is 16.0 Å². The monoisotopic (exact) mass is 411 g/mol. The third kappa shape index (κ3) is 3.90. The van der Waals surface area contributed by atoms with Crippen LogP contribution < -0.4 is 4.72 Å². The molecule has 0 aliphatic carbocycles. The Morgan fingerprint density at radius 1 is 0.821 bits per heavy atom. The van der Waals surface area contributed by atoms with Gasteiger partial charge in [0.1, 0.15) is 5.82 Å². The van der Waals surface area contributed by atoms with Crippen LogP contribution in [0.1, 0.15) is 0 Å². The van der Waals surface area contributed by atoms with Gasteiger partial charge in [0, 0.05) is 17.3 Å². The van der Waals surface area contributed by atoms with Crippen molar-refractivity contribution in [2.45, 2.75) is 4.90 Å². The number of nitrogens with one attached hydrogen (secondary N) is 1. The number of sulfonamides is 1. The minimum Gasteiger partial charge on any atom is -0.436 e. The van der Waals surface area contributed by atoms with Crippen molar-refractivity contribution in [1.82, 2.24) is 9.97 Å². The molecule has 2 aromatic carbocycles. The molecule has 0 aliphatic rings. The van der Waals surface area contributed by atoms with Crippen LogP contribution in [0.2, 0.25) is 5.02 Å². The third-order valence-corrected chi connectivity index (χ3v) is 5.54. The number of pyridine rings is 1. The molecule has 0 bridgehead atoms. The summed E-state index contributed by atoms with van der Waals surface area (Å²) in [6, 6.07) is 18.9. The van der Waals surface area contributed by atoms with Crippen molar-refractivity contribution >= 4 is 27.4 Å². The zero-order chi connectivity index (χ0) is 19.6. The van der Waals surface area contributed by atoms with E-state index in [1.54, 1.807) is 24.4 Å². The average Bonchev–Trinajstić information content (AvgIpc) is 3.21. The summed E-state index contributed by atoms with van der Waals surface area (Å²) < 4.78 is 33.2. The molecule has 0 saturated heterocycles. The van der Waals surface area contributed by atoms with E-state index in [-0.39, 0.29) is 10.7 Å². The first-order chi connectivity index (χ1) is 13.5. The van der Waals surface area contributed by atoms with Gasteiger partial charge in [-0.2, -0.15) is 0 Å². The van der Waals surface area contributed by atoms with Gasteiger partial charge in [-0.15, -0.1) is 0 Å². The van der Waals surface area contributed by atoms with E-state index in [1.165, 1.54) is 24.4 Å². The number of rotatable bonds is 5. The second-order valence-electron chi connectivity index (χ2n) is 5.89. The fourth-order valence-electron chi connectivity index (χ4n) is 2.55. The summed E-state index contributed by atoms with van der Waals surface area (Å²) in [5.74, 6) is 1.24. The van der Waals surface area contributed by atoms with E-state index in [9.17, 15) is 8.42 Å². The molecular weight excluding hydrogens is 398 g/mol. The Bertz CT molecular complexity index is 1190. The summed E-state index contributed by atoms with van der Waals surface area (Å²) in [6.45, 7) is 0. The van der Waals surface area contributed by atoms with Crippen molar-refractivity contribution in [3.63, 3.8) is 0 Å². The summed E-state index contributed by atoms with van der Waals surface area (Å²) in [5, 5.41) is 0.424. The summed E-state index contributed by atoms with van der Waals surface area (Å²) >= 11 is 5.76. The molecule has 0 unspecified atom stereocenters. The van der Waals surface area contributed by atoms with Gasteiger partial charge in [-0.3, -0.25) is 4.72 Å². The lowest BCUT2D eigenvalue weighted by Crippen LogP contribution is -2.13. The number of anilines is 1. The summed E-state index contributed by atoms with van der Waals surface area (Å²) in [7, 11) is -3.77. The molecule has 0 fully saturated rings. The molecule has 0 atom stereocenters. The summed E-state index contributed by atoms with van der Waals surface area (Å²) in [6.07, 6.45) is 3.01. The summed E-state index contributed by atoms with van der Waals surface area (Å²) in [4.78, 5) is 8.31. The van der Waals surface area contributed by atoms with Gasteiger partial charge >= 0.3 is 0 Å². The van der Waals surface area contributed by atoms with Gasteiger partial charge in [-0.05, 0) is 36.4 Å². The number of aromatic nitrogens is 2. The molecule has 4 aromatic rings. The van der Waals surface area contributed by atoms with Crippen molar-refractivity contribution in [3.05, 3.63) is 84.1 Å². The Morgan fingerprint density at radius 2 is 1.57 bits per heavy atom. The van der Waals surface area contributed by atoms with Gasteiger partial charge in [-0.1, -0.05) is 41.9 Å². The molecule has 28 heavy (non-hydrogen) atoms. The standard InChI is InChI=1S/C20H14ClN3O3S/c21-16-8-11-19(22-12-16)24-28(25,26)17-9-6-15(7-10-17)20-23-13-18(27-20)14-4-2-1-3-5-14/h1-13H,(H,22,24). The Hall–Kier alpha value is -3.16. The van der Waals surface area contributed by atoms with Crippen LogP contribution in [0, 0.1) is 0 Å². The number of benzene rings is 2. The summed E-state index contributed by atoms with van der Waals surface area (Å²) in [5.41, 5.74) is 1.59. The van der Waals surface area contributed by atoms with Crippen LogP contribution in [-0.4, -0.2) is 18.4 Å². The fraction of sp³-hybridized carbons (Fsp3) is 0. The largest absolute Gasteiger partial charge is 0.436 e. The molecule has 0 amide bonds. The molecule has 0 radical (unpaired) electrons. The van der Waals surface area contributed by atoms with Gasteiger partial charge in [0.2, 0.25) is 5.89 Å². The lowest BCUT2D eigenvalue weighted by molar-refractivity contribution is 0.588. The molecule has 8 heteroatoms. The molecule has 0 spiro atoms. The minimum atomic E-state index is -3.77. The van der Waals surface area contributed by atoms with Crippen LogP contribution in [0.4, 0.5) is 5.82 Å². The molecule has 4 rings (SSSR count). The quantitative estimate of drug-likeness (QED) is 0.507. The van der Waals surface area contributed by atoms with Crippen LogP contribution in [0.15, 0.2) is 88.4 Å².